The molecule has 3 rings (SSSR count). The van der Waals surface area contributed by atoms with Gasteiger partial charge in [0.2, 0.25) is 11.8 Å². The van der Waals surface area contributed by atoms with E-state index in [1.165, 1.54) is 11.2 Å². The number of aryl methyl sites for hydroxylation is 1. The molecule has 0 unspecified atom stereocenters. The lowest BCUT2D eigenvalue weighted by atomic mass is 10.2. The molecule has 2 amide bonds. The van der Waals surface area contributed by atoms with Crippen molar-refractivity contribution in [3.63, 3.8) is 0 Å². The highest BCUT2D eigenvalue weighted by Gasteiger charge is 2.27. The summed E-state index contributed by atoms with van der Waals surface area (Å²) >= 11 is 1.05. The number of rotatable bonds is 2. The first-order valence-electron chi connectivity index (χ1n) is 6.02. The highest BCUT2D eigenvalue weighted by atomic mass is 32.1. The summed E-state index contributed by atoms with van der Waals surface area (Å²) in [5, 5.41) is 12.0. The summed E-state index contributed by atoms with van der Waals surface area (Å²) in [6.45, 7) is 1.66. The number of fused-ring (bicyclic) bond motifs is 1. The van der Waals surface area contributed by atoms with E-state index in [4.69, 9.17) is 0 Å². The van der Waals surface area contributed by atoms with Gasteiger partial charge in [0.05, 0.1) is 18.5 Å². The van der Waals surface area contributed by atoms with E-state index in [-0.39, 0.29) is 18.0 Å². The second kappa shape index (κ2) is 4.77. The fraction of sp³-hybridized carbons (Fsp3) is 0.250. The predicted molar refractivity (Wildman–Crippen MR) is 74.5 cm³/mol. The number of piperazine rings is 1. The molecule has 0 bridgehead atoms. The van der Waals surface area contributed by atoms with E-state index < -0.39 is 17.8 Å². The normalized spacial score (nSPS) is 15.4. The van der Waals surface area contributed by atoms with Crippen LogP contribution in [0.4, 0.5) is 5.82 Å². The van der Waals surface area contributed by atoms with Crippen molar-refractivity contribution in [1.82, 2.24) is 15.3 Å². The number of imide groups is 1. The zero-order valence-electron chi connectivity index (χ0n) is 10.9. The maximum absolute atomic E-state index is 11.5. The van der Waals surface area contributed by atoms with Crippen LogP contribution in [0, 0.1) is 6.92 Å². The van der Waals surface area contributed by atoms with Gasteiger partial charge in [-0.25, -0.2) is 14.8 Å². The molecule has 1 aliphatic heterocycles. The molecule has 0 aliphatic carbocycles. The lowest BCUT2D eigenvalue weighted by molar-refractivity contribution is -0.130. The van der Waals surface area contributed by atoms with Gasteiger partial charge in [0.15, 0.2) is 0 Å². The van der Waals surface area contributed by atoms with Crippen LogP contribution >= 0.6 is 11.3 Å². The predicted octanol–water partition coefficient (Wildman–Crippen LogP) is 0.161. The molecule has 2 N–H and O–H groups in total. The van der Waals surface area contributed by atoms with Crippen molar-refractivity contribution in [2.24, 2.45) is 0 Å². The molecule has 1 saturated heterocycles. The Kier molecular flexibility index (Phi) is 3.05. The van der Waals surface area contributed by atoms with Crippen molar-refractivity contribution in [2.45, 2.75) is 6.92 Å². The zero-order chi connectivity index (χ0) is 15.1. The van der Waals surface area contributed by atoms with Crippen molar-refractivity contribution in [2.75, 3.05) is 18.0 Å². The minimum Gasteiger partial charge on any atom is -0.477 e. The van der Waals surface area contributed by atoms with E-state index in [0.29, 0.717) is 21.6 Å². The van der Waals surface area contributed by atoms with Crippen LogP contribution in [0.2, 0.25) is 0 Å². The first-order chi connectivity index (χ1) is 9.97. The summed E-state index contributed by atoms with van der Waals surface area (Å²) in [6.07, 6.45) is 1.30. The highest BCUT2D eigenvalue weighted by Crippen LogP contribution is 2.34. The second-order valence-electron chi connectivity index (χ2n) is 4.57. The molecule has 2 aromatic heterocycles. The molecule has 2 aromatic rings. The van der Waals surface area contributed by atoms with Gasteiger partial charge in [-0.3, -0.25) is 14.9 Å². The van der Waals surface area contributed by atoms with Gasteiger partial charge in [0.1, 0.15) is 21.9 Å². The number of hydrogen-bond donors (Lipinski definition) is 2. The molecular formula is C12H10N4O4S. The summed E-state index contributed by atoms with van der Waals surface area (Å²) in [7, 11) is 0. The van der Waals surface area contributed by atoms with E-state index >= 15 is 0 Å². The topological polar surface area (TPSA) is 112 Å². The molecule has 0 saturated carbocycles. The first kappa shape index (κ1) is 13.4. The lowest BCUT2D eigenvalue weighted by Crippen LogP contribution is -2.51. The average molecular weight is 306 g/mol. The number of aromatic carboxylic acids is 1. The van der Waals surface area contributed by atoms with Gasteiger partial charge < -0.3 is 10.0 Å². The first-order valence-corrected chi connectivity index (χ1v) is 6.84. The number of aromatic nitrogens is 2. The third-order valence-electron chi connectivity index (χ3n) is 3.15. The van der Waals surface area contributed by atoms with Gasteiger partial charge in [-0.05, 0) is 12.5 Å². The number of nitrogens with one attached hydrogen (secondary N) is 1. The lowest BCUT2D eigenvalue weighted by Gasteiger charge is -2.26. The van der Waals surface area contributed by atoms with Crippen molar-refractivity contribution in [1.29, 1.82) is 0 Å². The van der Waals surface area contributed by atoms with Gasteiger partial charge in [-0.15, -0.1) is 11.3 Å². The van der Waals surface area contributed by atoms with Crippen molar-refractivity contribution in [3.8, 4) is 0 Å². The molecule has 0 aromatic carbocycles. The molecule has 3 heterocycles. The number of nitrogens with zero attached hydrogens (tertiary/aromatic N) is 3. The second-order valence-corrected chi connectivity index (χ2v) is 5.57. The van der Waals surface area contributed by atoms with Crippen LogP contribution in [0.1, 0.15) is 15.2 Å². The smallest absolute Gasteiger partial charge is 0.346 e. The number of amides is 2. The Hall–Kier alpha value is -2.55. The molecule has 8 nitrogen and oxygen atoms in total. The fourth-order valence-corrected chi connectivity index (χ4v) is 3.27. The Balaban J connectivity index is 2.16. The monoisotopic (exact) mass is 306 g/mol. The molecular weight excluding hydrogens is 296 g/mol. The van der Waals surface area contributed by atoms with Crippen molar-refractivity contribution in [3.05, 3.63) is 16.8 Å². The maximum Gasteiger partial charge on any atom is 0.346 e. The standard InChI is InChI=1S/C12H10N4O4S/c1-5-8-10(16-2-6(17)15-7(18)3-16)13-4-14-11(8)21-9(5)12(19)20/h4H,2-3H2,1H3,(H,19,20)(H,15,17,18). The number of carbonyl (C=O) groups excluding carboxylic acids is 2. The van der Waals surface area contributed by atoms with Crippen LogP contribution in [0.15, 0.2) is 6.33 Å². The highest BCUT2D eigenvalue weighted by molar-refractivity contribution is 7.20. The Labute approximate surface area is 122 Å². The van der Waals surface area contributed by atoms with Crippen LogP contribution in [0.25, 0.3) is 10.2 Å². The summed E-state index contributed by atoms with van der Waals surface area (Å²) in [4.78, 5) is 44.6. The summed E-state index contributed by atoms with van der Waals surface area (Å²) in [6, 6.07) is 0. The van der Waals surface area contributed by atoms with E-state index in [0.717, 1.165) is 11.3 Å². The Morgan fingerprint density at radius 2 is 2.00 bits per heavy atom. The largest absolute Gasteiger partial charge is 0.477 e. The fourth-order valence-electron chi connectivity index (χ4n) is 2.28. The van der Waals surface area contributed by atoms with Crippen LogP contribution < -0.4 is 10.2 Å². The number of anilines is 1. The molecule has 1 fully saturated rings. The molecule has 1 aliphatic rings. The zero-order valence-corrected chi connectivity index (χ0v) is 11.7. The number of thiophene rings is 1. The third kappa shape index (κ3) is 2.21. The molecule has 108 valence electrons. The number of carbonyl (C=O) groups is 3. The van der Waals surface area contributed by atoms with Gasteiger partial charge in [-0.1, -0.05) is 0 Å². The third-order valence-corrected chi connectivity index (χ3v) is 4.34. The van der Waals surface area contributed by atoms with E-state index in [1.807, 2.05) is 0 Å². The van der Waals surface area contributed by atoms with Crippen molar-refractivity contribution >= 4 is 45.2 Å². The van der Waals surface area contributed by atoms with E-state index in [2.05, 4.69) is 15.3 Å². The van der Waals surface area contributed by atoms with Crippen LogP contribution in [-0.4, -0.2) is 45.9 Å². The number of carboxylic acids is 1. The van der Waals surface area contributed by atoms with Crippen molar-refractivity contribution < 1.29 is 19.5 Å². The number of hydrogen-bond acceptors (Lipinski definition) is 7. The molecule has 0 radical (unpaired) electrons. The van der Waals surface area contributed by atoms with Crippen LogP contribution in [0.3, 0.4) is 0 Å². The Morgan fingerprint density at radius 1 is 1.33 bits per heavy atom. The molecule has 0 spiro atoms. The van der Waals surface area contributed by atoms with Gasteiger partial charge in [-0.2, -0.15) is 0 Å². The summed E-state index contributed by atoms with van der Waals surface area (Å²) in [5.41, 5.74) is 0.538. The van der Waals surface area contributed by atoms with Crippen LogP contribution in [0.5, 0.6) is 0 Å². The summed E-state index contributed by atoms with van der Waals surface area (Å²) in [5.74, 6) is -1.45. The molecule has 21 heavy (non-hydrogen) atoms. The SMILES string of the molecule is Cc1c(C(=O)O)sc2ncnc(N3CC(=O)NC(=O)C3)c12. The van der Waals surface area contributed by atoms with Crippen LogP contribution in [-0.2, 0) is 9.59 Å². The van der Waals surface area contributed by atoms with Gasteiger partial charge >= 0.3 is 5.97 Å². The molecule has 0 atom stereocenters. The molecule has 9 heteroatoms. The maximum atomic E-state index is 11.5. The quantitative estimate of drug-likeness (QED) is 0.760. The van der Waals surface area contributed by atoms with Gasteiger partial charge in [0.25, 0.3) is 0 Å². The van der Waals surface area contributed by atoms with E-state index in [1.54, 1.807) is 6.92 Å². The Bertz CT molecular complexity index is 769. The van der Waals surface area contributed by atoms with Gasteiger partial charge in [0, 0.05) is 0 Å². The minimum atomic E-state index is -1.03. The Morgan fingerprint density at radius 3 is 2.62 bits per heavy atom. The average Bonchev–Trinajstić information content (AvgIpc) is 2.75. The number of carboxylic acid groups (broad SMARTS) is 1. The summed E-state index contributed by atoms with van der Waals surface area (Å²) < 4.78 is 0. The van der Waals surface area contributed by atoms with E-state index in [9.17, 15) is 19.5 Å². The minimum absolute atomic E-state index is 0.00442.